The quantitative estimate of drug-likeness (QED) is 0.506. The molecule has 0 aliphatic carbocycles. The van der Waals surface area contributed by atoms with Crippen molar-refractivity contribution >= 4 is 11.9 Å². The summed E-state index contributed by atoms with van der Waals surface area (Å²) in [4.78, 5) is 21.6. The summed E-state index contributed by atoms with van der Waals surface area (Å²) >= 11 is 0. The topological polar surface area (TPSA) is 87.7 Å². The minimum Gasteiger partial charge on any atom is -0.480 e. The summed E-state index contributed by atoms with van der Waals surface area (Å²) < 4.78 is 4.84. The fourth-order valence-electron chi connectivity index (χ4n) is 1.58. The molecular formula is C10H18N2O4. The number of ether oxygens (including phenoxy) is 1. The molecule has 1 atom stereocenters. The average Bonchev–Trinajstić information content (AvgIpc) is 2.75. The molecule has 1 rings (SSSR count). The molecule has 1 saturated heterocycles. The number of carboxylic acid groups (broad SMARTS) is 1. The maximum atomic E-state index is 11.5. The molecule has 1 amide bonds. The Morgan fingerprint density at radius 1 is 1.50 bits per heavy atom. The van der Waals surface area contributed by atoms with Crippen LogP contribution in [0.1, 0.15) is 19.3 Å². The second-order valence-corrected chi connectivity index (χ2v) is 3.74. The predicted octanol–water partition coefficient (Wildman–Crippen LogP) is -0.654. The smallest absolute Gasteiger partial charge is 0.329 e. The third kappa shape index (κ3) is 5.09. The van der Waals surface area contributed by atoms with Crippen LogP contribution in [0.15, 0.2) is 0 Å². The van der Waals surface area contributed by atoms with Gasteiger partial charge in [0.25, 0.3) is 0 Å². The Bertz CT molecular complexity index is 239. The van der Waals surface area contributed by atoms with Crippen molar-refractivity contribution in [2.45, 2.75) is 25.3 Å². The van der Waals surface area contributed by atoms with E-state index in [2.05, 4.69) is 10.6 Å². The van der Waals surface area contributed by atoms with Gasteiger partial charge in [-0.2, -0.15) is 0 Å². The first kappa shape index (κ1) is 12.9. The highest BCUT2D eigenvalue weighted by atomic mass is 16.5. The zero-order valence-corrected chi connectivity index (χ0v) is 9.20. The summed E-state index contributed by atoms with van der Waals surface area (Å²) in [5.74, 6) is -0.949. The van der Waals surface area contributed by atoms with Gasteiger partial charge in [0.05, 0.1) is 6.04 Å². The van der Waals surface area contributed by atoms with Crippen molar-refractivity contribution in [3.63, 3.8) is 0 Å². The van der Waals surface area contributed by atoms with E-state index in [1.54, 1.807) is 0 Å². The van der Waals surface area contributed by atoms with Gasteiger partial charge in [-0.3, -0.25) is 4.79 Å². The minimum atomic E-state index is -0.973. The first-order valence-corrected chi connectivity index (χ1v) is 5.51. The van der Waals surface area contributed by atoms with Gasteiger partial charge in [-0.15, -0.1) is 0 Å². The molecule has 0 bridgehead atoms. The van der Waals surface area contributed by atoms with Crippen LogP contribution in [-0.2, 0) is 14.3 Å². The molecule has 16 heavy (non-hydrogen) atoms. The Kier molecular flexibility index (Phi) is 5.81. The van der Waals surface area contributed by atoms with Crippen LogP contribution >= 0.6 is 0 Å². The van der Waals surface area contributed by atoms with Crippen molar-refractivity contribution in [3.05, 3.63) is 0 Å². The van der Waals surface area contributed by atoms with Crippen LogP contribution < -0.4 is 10.6 Å². The van der Waals surface area contributed by atoms with Gasteiger partial charge in [0.2, 0.25) is 5.91 Å². The molecule has 0 aromatic rings. The molecule has 3 N–H and O–H groups in total. The largest absolute Gasteiger partial charge is 0.480 e. The van der Waals surface area contributed by atoms with Crippen molar-refractivity contribution in [1.29, 1.82) is 0 Å². The third-order valence-corrected chi connectivity index (χ3v) is 2.37. The number of carbonyl (C=O) groups is 2. The standard InChI is InChI=1S/C10H18N2O4/c13-9(14)7-16-6-2-5-12-10(15)8-3-1-4-11-8/h8,11H,1-7H2,(H,12,15)(H,13,14)/t8-/m0/s1. The van der Waals surface area contributed by atoms with Gasteiger partial charge in [0, 0.05) is 13.2 Å². The molecule has 1 aliphatic rings. The van der Waals surface area contributed by atoms with Crippen LogP contribution in [0.4, 0.5) is 0 Å². The number of rotatable bonds is 7. The van der Waals surface area contributed by atoms with Gasteiger partial charge in [-0.05, 0) is 25.8 Å². The van der Waals surface area contributed by atoms with Gasteiger partial charge >= 0.3 is 5.97 Å². The number of aliphatic carboxylic acids is 1. The number of carbonyl (C=O) groups excluding carboxylic acids is 1. The minimum absolute atomic E-state index is 0.0238. The highest BCUT2D eigenvalue weighted by Gasteiger charge is 2.20. The van der Waals surface area contributed by atoms with Crippen molar-refractivity contribution < 1.29 is 19.4 Å². The zero-order valence-electron chi connectivity index (χ0n) is 9.20. The van der Waals surface area contributed by atoms with Crippen molar-refractivity contribution in [3.8, 4) is 0 Å². The van der Waals surface area contributed by atoms with E-state index in [1.165, 1.54) is 0 Å². The molecule has 6 nitrogen and oxygen atoms in total. The first-order chi connectivity index (χ1) is 7.70. The van der Waals surface area contributed by atoms with E-state index in [9.17, 15) is 9.59 Å². The number of carboxylic acids is 1. The number of hydrogen-bond acceptors (Lipinski definition) is 4. The molecule has 1 aliphatic heterocycles. The van der Waals surface area contributed by atoms with E-state index in [-0.39, 0.29) is 18.6 Å². The van der Waals surface area contributed by atoms with Crippen LogP contribution in [0, 0.1) is 0 Å². The Morgan fingerprint density at radius 3 is 2.94 bits per heavy atom. The Hall–Kier alpha value is -1.14. The Morgan fingerprint density at radius 2 is 2.31 bits per heavy atom. The maximum Gasteiger partial charge on any atom is 0.329 e. The van der Waals surface area contributed by atoms with Gasteiger partial charge < -0.3 is 20.5 Å². The highest BCUT2D eigenvalue weighted by Crippen LogP contribution is 2.04. The third-order valence-electron chi connectivity index (χ3n) is 2.37. The van der Waals surface area contributed by atoms with E-state index < -0.39 is 5.97 Å². The highest BCUT2D eigenvalue weighted by molar-refractivity contribution is 5.81. The molecule has 0 spiro atoms. The summed E-state index contributed by atoms with van der Waals surface area (Å²) in [6.45, 7) is 1.50. The van der Waals surface area contributed by atoms with Crippen molar-refractivity contribution in [1.82, 2.24) is 10.6 Å². The van der Waals surface area contributed by atoms with E-state index in [0.717, 1.165) is 19.4 Å². The van der Waals surface area contributed by atoms with E-state index in [1.807, 2.05) is 0 Å². The average molecular weight is 230 g/mol. The molecule has 1 heterocycles. The normalized spacial score (nSPS) is 19.6. The summed E-state index contributed by atoms with van der Waals surface area (Å²) in [7, 11) is 0. The Labute approximate surface area is 94.3 Å². The van der Waals surface area contributed by atoms with Crippen LogP contribution in [0.3, 0.4) is 0 Å². The van der Waals surface area contributed by atoms with Crippen LogP contribution in [-0.4, -0.2) is 49.3 Å². The zero-order chi connectivity index (χ0) is 11.8. The van der Waals surface area contributed by atoms with Gasteiger partial charge in [-0.25, -0.2) is 4.79 Å². The van der Waals surface area contributed by atoms with Gasteiger partial charge in [0.15, 0.2) is 0 Å². The fourth-order valence-corrected chi connectivity index (χ4v) is 1.58. The lowest BCUT2D eigenvalue weighted by Crippen LogP contribution is -2.40. The van der Waals surface area contributed by atoms with E-state index in [4.69, 9.17) is 9.84 Å². The monoisotopic (exact) mass is 230 g/mol. The predicted molar refractivity (Wildman–Crippen MR) is 57.1 cm³/mol. The van der Waals surface area contributed by atoms with E-state index in [0.29, 0.717) is 19.6 Å². The molecule has 92 valence electrons. The second-order valence-electron chi connectivity index (χ2n) is 3.74. The molecule has 0 aromatic heterocycles. The van der Waals surface area contributed by atoms with Crippen molar-refractivity contribution in [2.24, 2.45) is 0 Å². The van der Waals surface area contributed by atoms with Crippen molar-refractivity contribution in [2.75, 3.05) is 26.3 Å². The lowest BCUT2D eigenvalue weighted by molar-refractivity contribution is -0.142. The lowest BCUT2D eigenvalue weighted by atomic mass is 10.2. The van der Waals surface area contributed by atoms with Gasteiger partial charge in [-0.1, -0.05) is 0 Å². The van der Waals surface area contributed by atoms with E-state index >= 15 is 0 Å². The molecule has 0 radical (unpaired) electrons. The first-order valence-electron chi connectivity index (χ1n) is 5.51. The summed E-state index contributed by atoms with van der Waals surface area (Å²) in [5, 5.41) is 14.2. The molecule has 1 fully saturated rings. The second kappa shape index (κ2) is 7.19. The number of nitrogens with one attached hydrogen (secondary N) is 2. The van der Waals surface area contributed by atoms with Crippen LogP contribution in [0.25, 0.3) is 0 Å². The molecule has 0 saturated carbocycles. The SMILES string of the molecule is O=C(O)COCCCNC(=O)[C@@H]1CCCN1. The molecular weight excluding hydrogens is 212 g/mol. The van der Waals surface area contributed by atoms with Gasteiger partial charge in [0.1, 0.15) is 6.61 Å². The number of hydrogen-bond donors (Lipinski definition) is 3. The lowest BCUT2D eigenvalue weighted by Gasteiger charge is -2.10. The molecule has 6 heteroatoms. The summed E-state index contributed by atoms with van der Waals surface area (Å²) in [5.41, 5.74) is 0. The summed E-state index contributed by atoms with van der Waals surface area (Å²) in [6.07, 6.45) is 2.56. The van der Waals surface area contributed by atoms with Crippen LogP contribution in [0.2, 0.25) is 0 Å². The molecule has 0 aromatic carbocycles. The van der Waals surface area contributed by atoms with Crippen LogP contribution in [0.5, 0.6) is 0 Å². The maximum absolute atomic E-state index is 11.5. The summed E-state index contributed by atoms with van der Waals surface area (Å²) in [6, 6.07) is -0.0556. The Balaban J connectivity index is 1.94. The molecule has 0 unspecified atom stereocenters. The fraction of sp³-hybridized carbons (Fsp3) is 0.800. The number of amides is 1.